The summed E-state index contributed by atoms with van der Waals surface area (Å²) in [7, 11) is 0. The van der Waals surface area contributed by atoms with Crippen molar-refractivity contribution in [1.82, 2.24) is 20.4 Å². The predicted octanol–water partition coefficient (Wildman–Crippen LogP) is 3.11. The summed E-state index contributed by atoms with van der Waals surface area (Å²) in [5, 5.41) is 11.5. The molecule has 4 rings (SSSR count). The Morgan fingerprint density at radius 2 is 1.90 bits per heavy atom. The third kappa shape index (κ3) is 4.37. The van der Waals surface area contributed by atoms with Crippen molar-refractivity contribution in [1.29, 1.82) is 0 Å². The van der Waals surface area contributed by atoms with Gasteiger partial charge in [0.15, 0.2) is 0 Å². The Bertz CT molecular complexity index is 1170. The molecule has 1 unspecified atom stereocenters. The van der Waals surface area contributed by atoms with E-state index in [1.165, 1.54) is 6.07 Å². The summed E-state index contributed by atoms with van der Waals surface area (Å²) >= 11 is 0. The molecule has 0 saturated carbocycles. The highest BCUT2D eigenvalue weighted by atomic mass is 19.1. The van der Waals surface area contributed by atoms with Crippen LogP contribution in [0.1, 0.15) is 42.4 Å². The van der Waals surface area contributed by atoms with Gasteiger partial charge in [-0.2, -0.15) is 5.10 Å². The number of rotatable bonds is 6. The maximum Gasteiger partial charge on any atom is 0.272 e. The normalized spacial score (nSPS) is 15.3. The Hall–Kier alpha value is -3.06. The lowest BCUT2D eigenvalue weighted by Gasteiger charge is -2.41. The predicted molar refractivity (Wildman–Crippen MR) is 119 cm³/mol. The van der Waals surface area contributed by atoms with Crippen LogP contribution in [0.2, 0.25) is 0 Å². The molecular weight excluding hydrogens is 395 g/mol. The van der Waals surface area contributed by atoms with Crippen molar-refractivity contribution in [2.45, 2.75) is 39.3 Å². The van der Waals surface area contributed by atoms with Crippen molar-refractivity contribution in [3.05, 3.63) is 75.5 Å². The zero-order valence-electron chi connectivity index (χ0n) is 18.0. The van der Waals surface area contributed by atoms with E-state index in [-0.39, 0.29) is 23.1 Å². The second kappa shape index (κ2) is 8.59. The van der Waals surface area contributed by atoms with Gasteiger partial charge in [-0.1, -0.05) is 38.1 Å². The quantitative estimate of drug-likeness (QED) is 0.640. The average molecular weight is 423 g/mol. The highest BCUT2D eigenvalue weighted by Crippen LogP contribution is 2.21. The summed E-state index contributed by atoms with van der Waals surface area (Å²) in [4.78, 5) is 26.5. The first-order valence-corrected chi connectivity index (χ1v) is 10.6. The third-order valence-corrected chi connectivity index (χ3v) is 6.08. The number of benzene rings is 2. The van der Waals surface area contributed by atoms with Gasteiger partial charge < -0.3 is 10.2 Å². The molecule has 1 amide bonds. The summed E-state index contributed by atoms with van der Waals surface area (Å²) in [6.45, 7) is 7.59. The van der Waals surface area contributed by atoms with Crippen LogP contribution in [0.5, 0.6) is 0 Å². The number of likely N-dealkylation sites (tertiary alicyclic amines) is 1. The maximum absolute atomic E-state index is 14.5. The minimum absolute atomic E-state index is 0.0709. The highest BCUT2D eigenvalue weighted by Gasteiger charge is 2.33. The number of carbonyl (C=O) groups excluding carboxylic acids is 1. The maximum atomic E-state index is 14.5. The molecule has 2 heterocycles. The van der Waals surface area contributed by atoms with E-state index >= 15 is 0 Å². The first kappa shape index (κ1) is 21.2. The molecule has 1 aliphatic heterocycles. The number of fused-ring (bicyclic) bond motifs is 1. The van der Waals surface area contributed by atoms with Crippen LogP contribution < -0.4 is 10.9 Å². The van der Waals surface area contributed by atoms with E-state index in [1.807, 2.05) is 12.1 Å². The summed E-state index contributed by atoms with van der Waals surface area (Å²) in [5.74, 6) is -0.314. The Kier molecular flexibility index (Phi) is 5.87. The number of hydrogen-bond donors (Lipinski definition) is 2. The molecule has 1 aliphatic rings. The summed E-state index contributed by atoms with van der Waals surface area (Å²) < 4.78 is 14.5. The first-order valence-electron chi connectivity index (χ1n) is 10.6. The van der Waals surface area contributed by atoms with Crippen LogP contribution >= 0.6 is 0 Å². The van der Waals surface area contributed by atoms with Gasteiger partial charge in [0.05, 0.1) is 16.6 Å². The second-order valence-corrected chi connectivity index (χ2v) is 8.64. The van der Waals surface area contributed by atoms with E-state index in [9.17, 15) is 14.0 Å². The van der Waals surface area contributed by atoms with E-state index in [2.05, 4.69) is 36.3 Å². The van der Waals surface area contributed by atoms with Gasteiger partial charge in [-0.05, 0) is 36.6 Å². The molecule has 0 aliphatic carbocycles. The van der Waals surface area contributed by atoms with Crippen LogP contribution in [0.4, 0.5) is 4.39 Å². The number of H-pyrrole nitrogens is 1. The molecule has 3 aromatic rings. The van der Waals surface area contributed by atoms with Gasteiger partial charge in [-0.15, -0.1) is 0 Å². The molecule has 7 heteroatoms. The largest absolute Gasteiger partial charge is 0.335 e. The van der Waals surface area contributed by atoms with E-state index in [0.29, 0.717) is 42.6 Å². The average Bonchev–Trinajstić information content (AvgIpc) is 2.73. The van der Waals surface area contributed by atoms with E-state index in [1.54, 1.807) is 29.2 Å². The molecular formula is C24H27FN4O2. The minimum atomic E-state index is -0.528. The van der Waals surface area contributed by atoms with Gasteiger partial charge in [-0.25, -0.2) is 9.49 Å². The van der Waals surface area contributed by atoms with Crippen molar-refractivity contribution >= 4 is 16.7 Å². The fourth-order valence-electron chi connectivity index (χ4n) is 3.83. The lowest BCUT2D eigenvalue weighted by atomic mass is 9.99. The number of aromatic nitrogens is 2. The van der Waals surface area contributed by atoms with Gasteiger partial charge in [0.2, 0.25) is 0 Å². The Balaban J connectivity index is 1.51. The van der Waals surface area contributed by atoms with Crippen molar-refractivity contribution in [3.63, 3.8) is 0 Å². The lowest BCUT2D eigenvalue weighted by molar-refractivity contribution is 0.0541. The monoisotopic (exact) mass is 422 g/mol. The van der Waals surface area contributed by atoms with Crippen LogP contribution in [-0.2, 0) is 6.42 Å². The van der Waals surface area contributed by atoms with Crippen molar-refractivity contribution < 1.29 is 9.18 Å². The smallest absolute Gasteiger partial charge is 0.272 e. The number of hydrogen-bond acceptors (Lipinski definition) is 4. The molecule has 1 saturated heterocycles. The Morgan fingerprint density at radius 3 is 2.61 bits per heavy atom. The lowest BCUT2D eigenvalue weighted by Crippen LogP contribution is -2.62. The number of nitrogens with one attached hydrogen (secondary N) is 2. The number of halogens is 1. The van der Waals surface area contributed by atoms with Crippen LogP contribution in [0.3, 0.4) is 0 Å². The van der Waals surface area contributed by atoms with Crippen LogP contribution in [0, 0.1) is 11.7 Å². The van der Waals surface area contributed by atoms with Crippen molar-refractivity contribution in [3.8, 4) is 0 Å². The summed E-state index contributed by atoms with van der Waals surface area (Å²) in [5.41, 5.74) is 1.26. The molecule has 0 radical (unpaired) electrons. The highest BCUT2D eigenvalue weighted by molar-refractivity contribution is 5.95. The third-order valence-electron chi connectivity index (χ3n) is 6.08. The molecule has 0 spiro atoms. The molecule has 2 aromatic carbocycles. The van der Waals surface area contributed by atoms with Gasteiger partial charge in [0.25, 0.3) is 11.5 Å². The van der Waals surface area contributed by atoms with Crippen molar-refractivity contribution in [2.75, 3.05) is 13.1 Å². The first-order chi connectivity index (χ1) is 14.8. The van der Waals surface area contributed by atoms with Gasteiger partial charge in [0, 0.05) is 37.0 Å². The molecule has 1 fully saturated rings. The molecule has 1 atom stereocenters. The second-order valence-electron chi connectivity index (χ2n) is 8.64. The van der Waals surface area contributed by atoms with E-state index < -0.39 is 5.82 Å². The summed E-state index contributed by atoms with van der Waals surface area (Å²) in [6, 6.07) is 12.4. The molecule has 162 valence electrons. The SMILES string of the molecule is CC(C)C(C)NC1CN(C(=O)c2cc(Cc3n[nH]c(=O)c4ccccc34)ccc2F)C1. The molecule has 31 heavy (non-hydrogen) atoms. The Labute approximate surface area is 180 Å². The molecule has 6 nitrogen and oxygen atoms in total. The van der Waals surface area contributed by atoms with Crippen LogP contribution in [0.25, 0.3) is 10.8 Å². The fraction of sp³-hybridized carbons (Fsp3) is 0.375. The zero-order valence-corrected chi connectivity index (χ0v) is 18.0. The summed E-state index contributed by atoms with van der Waals surface area (Å²) in [6.07, 6.45) is 0.383. The molecule has 0 bridgehead atoms. The Morgan fingerprint density at radius 1 is 1.19 bits per heavy atom. The standard InChI is InChI=1S/C24H27FN4O2/c1-14(2)15(3)26-17-12-29(13-17)24(31)20-10-16(8-9-21(20)25)11-22-18-6-4-5-7-19(18)23(30)28-27-22/h4-10,14-15,17,26H,11-13H2,1-3H3,(H,28,30). The number of aromatic amines is 1. The van der Waals surface area contributed by atoms with Gasteiger partial charge in [0.1, 0.15) is 5.82 Å². The van der Waals surface area contributed by atoms with Gasteiger partial charge in [-0.3, -0.25) is 9.59 Å². The minimum Gasteiger partial charge on any atom is -0.335 e. The van der Waals surface area contributed by atoms with Gasteiger partial charge >= 0.3 is 0 Å². The topological polar surface area (TPSA) is 78.1 Å². The molecule has 2 N–H and O–H groups in total. The zero-order chi connectivity index (χ0) is 22.1. The number of carbonyl (C=O) groups is 1. The van der Waals surface area contributed by atoms with Crippen LogP contribution in [-0.4, -0.2) is 46.2 Å². The van der Waals surface area contributed by atoms with Crippen LogP contribution in [0.15, 0.2) is 47.3 Å². The van der Waals surface area contributed by atoms with E-state index in [4.69, 9.17) is 0 Å². The number of amides is 1. The number of nitrogens with zero attached hydrogens (tertiary/aromatic N) is 2. The fourth-order valence-corrected chi connectivity index (χ4v) is 3.83. The van der Waals surface area contributed by atoms with Crippen molar-refractivity contribution in [2.24, 2.45) is 5.92 Å². The van der Waals surface area contributed by atoms with E-state index in [0.717, 1.165) is 10.9 Å². The molecule has 1 aromatic heterocycles.